The van der Waals surface area contributed by atoms with Crippen molar-refractivity contribution in [2.24, 2.45) is 17.6 Å². The van der Waals surface area contributed by atoms with Gasteiger partial charge >= 0.3 is 0 Å². The number of hydrogen-bond acceptors (Lipinski definition) is 4. The highest BCUT2D eigenvalue weighted by molar-refractivity contribution is 4.96. The van der Waals surface area contributed by atoms with Gasteiger partial charge in [0, 0.05) is 12.1 Å². The second kappa shape index (κ2) is 7.21. The molecule has 0 aromatic carbocycles. The number of aliphatic hydroxyl groups is 1. The van der Waals surface area contributed by atoms with Gasteiger partial charge in [0.05, 0.1) is 6.61 Å². The van der Waals surface area contributed by atoms with E-state index >= 15 is 0 Å². The fourth-order valence-electron chi connectivity index (χ4n) is 3.96. The number of rotatable bonds is 6. The van der Waals surface area contributed by atoms with Gasteiger partial charge in [0.2, 0.25) is 0 Å². The van der Waals surface area contributed by atoms with Gasteiger partial charge < -0.3 is 20.6 Å². The first-order chi connectivity index (χ1) is 9.53. The molecular formula is C16H33N3O. The van der Waals surface area contributed by atoms with Crippen LogP contribution in [-0.2, 0) is 0 Å². The number of likely N-dealkylation sites (tertiary alicyclic amines) is 1. The predicted octanol–water partition coefficient (Wildman–Crippen LogP) is 1.14. The fourth-order valence-corrected chi connectivity index (χ4v) is 3.96. The Kier molecular flexibility index (Phi) is 5.84. The van der Waals surface area contributed by atoms with E-state index in [1.54, 1.807) is 0 Å². The summed E-state index contributed by atoms with van der Waals surface area (Å²) in [6, 6.07) is 0. The summed E-state index contributed by atoms with van der Waals surface area (Å²) >= 11 is 0. The lowest BCUT2D eigenvalue weighted by molar-refractivity contribution is 0.138. The van der Waals surface area contributed by atoms with Crippen LogP contribution in [0, 0.1) is 11.8 Å². The molecule has 118 valence electrons. The topological polar surface area (TPSA) is 52.7 Å². The van der Waals surface area contributed by atoms with Crippen molar-refractivity contribution in [2.45, 2.75) is 44.1 Å². The van der Waals surface area contributed by atoms with Gasteiger partial charge in [-0.3, -0.25) is 0 Å². The zero-order valence-electron chi connectivity index (χ0n) is 13.4. The zero-order chi connectivity index (χ0) is 14.6. The molecular weight excluding hydrogens is 250 g/mol. The molecule has 1 heterocycles. The van der Waals surface area contributed by atoms with Crippen LogP contribution in [0.3, 0.4) is 0 Å². The summed E-state index contributed by atoms with van der Waals surface area (Å²) in [5.41, 5.74) is 6.02. The monoisotopic (exact) mass is 283 g/mol. The van der Waals surface area contributed by atoms with E-state index in [0.29, 0.717) is 5.92 Å². The Morgan fingerprint density at radius 1 is 1.30 bits per heavy atom. The number of nitrogens with zero attached hydrogens (tertiary/aromatic N) is 2. The van der Waals surface area contributed by atoms with Crippen LogP contribution in [0.2, 0.25) is 0 Å². The molecule has 1 saturated carbocycles. The third kappa shape index (κ3) is 4.17. The molecule has 0 aromatic rings. The molecule has 3 N–H and O–H groups in total. The molecule has 2 aliphatic rings. The van der Waals surface area contributed by atoms with Gasteiger partial charge in [-0.25, -0.2) is 0 Å². The SMILES string of the molecule is CN1CCC(CN(C)CCC2CCCC2(N)CO)CC1. The van der Waals surface area contributed by atoms with Crippen LogP contribution in [0.1, 0.15) is 38.5 Å². The second-order valence-corrected chi connectivity index (χ2v) is 7.28. The van der Waals surface area contributed by atoms with E-state index in [1.807, 2.05) is 0 Å². The molecule has 2 rings (SSSR count). The maximum absolute atomic E-state index is 9.50. The average molecular weight is 283 g/mol. The number of hydrogen-bond donors (Lipinski definition) is 2. The minimum Gasteiger partial charge on any atom is -0.394 e. The molecule has 0 amide bonds. The molecule has 0 bridgehead atoms. The maximum Gasteiger partial charge on any atom is 0.0613 e. The lowest BCUT2D eigenvalue weighted by Gasteiger charge is -2.33. The summed E-state index contributed by atoms with van der Waals surface area (Å²) in [5, 5.41) is 9.50. The summed E-state index contributed by atoms with van der Waals surface area (Å²) in [6.45, 7) is 4.98. The standard InChI is InChI=1S/C16H33N3O/c1-18-9-5-14(6-10-18)12-19(2)11-7-15-4-3-8-16(15,17)13-20/h14-15,20H,3-13,17H2,1-2H3. The van der Waals surface area contributed by atoms with E-state index in [2.05, 4.69) is 23.9 Å². The Labute approximate surface area is 124 Å². The molecule has 2 fully saturated rings. The number of piperidine rings is 1. The van der Waals surface area contributed by atoms with E-state index < -0.39 is 0 Å². The van der Waals surface area contributed by atoms with Gasteiger partial charge in [-0.2, -0.15) is 0 Å². The molecule has 2 unspecified atom stereocenters. The van der Waals surface area contributed by atoms with E-state index in [1.165, 1.54) is 45.3 Å². The normalized spacial score (nSPS) is 33.1. The van der Waals surface area contributed by atoms with Gasteiger partial charge in [-0.15, -0.1) is 0 Å². The highest BCUT2D eigenvalue weighted by Crippen LogP contribution is 2.35. The number of aliphatic hydroxyl groups excluding tert-OH is 1. The lowest BCUT2D eigenvalue weighted by atomic mass is 9.86. The van der Waals surface area contributed by atoms with Crippen LogP contribution >= 0.6 is 0 Å². The first kappa shape index (κ1) is 16.2. The van der Waals surface area contributed by atoms with E-state index in [0.717, 1.165) is 25.3 Å². The van der Waals surface area contributed by atoms with Gasteiger partial charge in [0.15, 0.2) is 0 Å². The Morgan fingerprint density at radius 3 is 2.65 bits per heavy atom. The quantitative estimate of drug-likeness (QED) is 0.767. The van der Waals surface area contributed by atoms with E-state index in [4.69, 9.17) is 5.73 Å². The largest absolute Gasteiger partial charge is 0.394 e. The Hall–Kier alpha value is -0.160. The first-order valence-corrected chi connectivity index (χ1v) is 8.30. The highest BCUT2D eigenvalue weighted by Gasteiger charge is 2.38. The van der Waals surface area contributed by atoms with Crippen LogP contribution in [0.5, 0.6) is 0 Å². The minimum absolute atomic E-state index is 0.149. The molecule has 4 nitrogen and oxygen atoms in total. The third-order valence-corrected chi connectivity index (χ3v) is 5.57. The highest BCUT2D eigenvalue weighted by atomic mass is 16.3. The molecule has 1 aliphatic heterocycles. The lowest BCUT2D eigenvalue weighted by Crippen LogP contribution is -2.47. The molecule has 0 aromatic heterocycles. The van der Waals surface area contributed by atoms with Gasteiger partial charge in [-0.1, -0.05) is 6.42 Å². The Morgan fingerprint density at radius 2 is 2.00 bits per heavy atom. The molecule has 20 heavy (non-hydrogen) atoms. The second-order valence-electron chi connectivity index (χ2n) is 7.28. The first-order valence-electron chi connectivity index (χ1n) is 8.30. The molecule has 2 atom stereocenters. The third-order valence-electron chi connectivity index (χ3n) is 5.57. The van der Waals surface area contributed by atoms with Crippen molar-refractivity contribution < 1.29 is 5.11 Å². The average Bonchev–Trinajstić information content (AvgIpc) is 2.81. The van der Waals surface area contributed by atoms with Gasteiger partial charge in [0.25, 0.3) is 0 Å². The maximum atomic E-state index is 9.50. The summed E-state index contributed by atoms with van der Waals surface area (Å²) in [4.78, 5) is 4.91. The van der Waals surface area contributed by atoms with Crippen LogP contribution in [0.4, 0.5) is 0 Å². The summed E-state index contributed by atoms with van der Waals surface area (Å²) in [7, 11) is 4.46. The van der Waals surface area contributed by atoms with Crippen LogP contribution in [0.15, 0.2) is 0 Å². The Balaban J connectivity index is 1.68. The molecule has 1 aliphatic carbocycles. The molecule has 1 saturated heterocycles. The van der Waals surface area contributed by atoms with E-state index in [9.17, 15) is 5.11 Å². The van der Waals surface area contributed by atoms with Crippen molar-refractivity contribution in [1.29, 1.82) is 0 Å². The van der Waals surface area contributed by atoms with Crippen LogP contribution in [0.25, 0.3) is 0 Å². The van der Waals surface area contributed by atoms with Gasteiger partial charge in [0.1, 0.15) is 0 Å². The molecule has 0 radical (unpaired) electrons. The van der Waals surface area contributed by atoms with Crippen LogP contribution in [-0.4, -0.2) is 67.3 Å². The van der Waals surface area contributed by atoms with Crippen molar-refractivity contribution >= 4 is 0 Å². The van der Waals surface area contributed by atoms with Crippen molar-refractivity contribution in [2.75, 3.05) is 46.9 Å². The van der Waals surface area contributed by atoms with Crippen molar-refractivity contribution in [1.82, 2.24) is 9.80 Å². The smallest absolute Gasteiger partial charge is 0.0613 e. The van der Waals surface area contributed by atoms with Crippen molar-refractivity contribution in [3.8, 4) is 0 Å². The van der Waals surface area contributed by atoms with Crippen molar-refractivity contribution in [3.63, 3.8) is 0 Å². The van der Waals surface area contributed by atoms with Crippen LogP contribution < -0.4 is 5.73 Å². The summed E-state index contributed by atoms with van der Waals surface area (Å²) in [5.74, 6) is 1.37. The number of nitrogens with two attached hydrogens (primary N) is 1. The van der Waals surface area contributed by atoms with Crippen molar-refractivity contribution in [3.05, 3.63) is 0 Å². The fraction of sp³-hybridized carbons (Fsp3) is 1.00. The molecule has 0 spiro atoms. The van der Waals surface area contributed by atoms with E-state index in [-0.39, 0.29) is 12.1 Å². The minimum atomic E-state index is -0.297. The predicted molar refractivity (Wildman–Crippen MR) is 83.7 cm³/mol. The zero-order valence-corrected chi connectivity index (χ0v) is 13.4. The van der Waals surface area contributed by atoms with Gasteiger partial charge in [-0.05, 0) is 77.7 Å². The Bertz CT molecular complexity index is 291. The summed E-state index contributed by atoms with van der Waals surface area (Å²) in [6.07, 6.45) is 7.18. The molecule has 4 heteroatoms. The summed E-state index contributed by atoms with van der Waals surface area (Å²) < 4.78 is 0.